The number of carbonyl (C=O) groups is 2. The highest BCUT2D eigenvalue weighted by molar-refractivity contribution is 8.01. The zero-order valence-corrected chi connectivity index (χ0v) is 17.2. The first-order valence-electron chi connectivity index (χ1n) is 9.90. The van der Waals surface area contributed by atoms with Crippen LogP contribution in [0.1, 0.15) is 38.2 Å². The Morgan fingerprint density at radius 1 is 1.31 bits per heavy atom. The van der Waals surface area contributed by atoms with Crippen molar-refractivity contribution in [1.82, 2.24) is 10.2 Å². The second-order valence-corrected chi connectivity index (χ2v) is 9.02. The van der Waals surface area contributed by atoms with E-state index in [4.69, 9.17) is 0 Å². The van der Waals surface area contributed by atoms with Gasteiger partial charge in [-0.05, 0) is 50.0 Å². The van der Waals surface area contributed by atoms with Crippen molar-refractivity contribution in [3.05, 3.63) is 23.8 Å². The van der Waals surface area contributed by atoms with Gasteiger partial charge < -0.3 is 15.5 Å². The number of rotatable bonds is 6. The molecule has 5 nitrogen and oxygen atoms in total. The number of amides is 2. The van der Waals surface area contributed by atoms with Crippen LogP contribution < -0.4 is 10.6 Å². The van der Waals surface area contributed by atoms with E-state index in [0.29, 0.717) is 17.4 Å². The minimum absolute atomic E-state index is 0.00655. The van der Waals surface area contributed by atoms with Crippen LogP contribution in [0, 0.1) is 5.92 Å². The van der Waals surface area contributed by atoms with Crippen LogP contribution in [-0.4, -0.2) is 48.1 Å². The molecule has 2 atom stereocenters. The number of alkyl halides is 3. The van der Waals surface area contributed by atoms with E-state index in [1.807, 2.05) is 0 Å². The Labute approximate surface area is 172 Å². The topological polar surface area (TPSA) is 61.4 Å². The van der Waals surface area contributed by atoms with Gasteiger partial charge in [0.15, 0.2) is 0 Å². The Kier molecular flexibility index (Phi) is 7.10. The number of thioether (sulfide) groups is 1. The molecule has 1 saturated heterocycles. The van der Waals surface area contributed by atoms with Crippen LogP contribution in [0.5, 0.6) is 0 Å². The van der Waals surface area contributed by atoms with Gasteiger partial charge in [-0.25, -0.2) is 0 Å². The van der Waals surface area contributed by atoms with Gasteiger partial charge in [0.1, 0.15) is 0 Å². The van der Waals surface area contributed by atoms with Crippen LogP contribution in [0.25, 0.3) is 0 Å². The monoisotopic (exact) mass is 429 g/mol. The van der Waals surface area contributed by atoms with E-state index < -0.39 is 22.9 Å². The largest absolute Gasteiger partial charge is 0.416 e. The summed E-state index contributed by atoms with van der Waals surface area (Å²) in [4.78, 5) is 27.5. The maximum atomic E-state index is 12.8. The summed E-state index contributed by atoms with van der Waals surface area (Å²) in [6, 6.07) is 3.26. The summed E-state index contributed by atoms with van der Waals surface area (Å²) >= 11 is 1.13. The highest BCUT2D eigenvalue weighted by Crippen LogP contribution is 2.40. The maximum absolute atomic E-state index is 12.8. The molecule has 2 amide bonds. The van der Waals surface area contributed by atoms with Gasteiger partial charge in [-0.15, -0.1) is 11.8 Å². The van der Waals surface area contributed by atoms with Crippen molar-refractivity contribution in [2.75, 3.05) is 31.5 Å². The standard InChI is InChI=1S/C20H26F3N3O2S/c1-13(12-26-7-3-2-4-8-26)11-24-18(27)10-17-19(28)25-15-9-14(20(21,22)23)5-6-16(15)29-17/h5-6,9,13,17H,2-4,7-8,10-12H2,1H3,(H,24,27)(H,25,28)/t13-,17-/m0/s1. The third-order valence-corrected chi connectivity index (χ3v) is 6.44. The van der Waals surface area contributed by atoms with E-state index in [2.05, 4.69) is 22.5 Å². The Bertz CT molecular complexity index is 751. The van der Waals surface area contributed by atoms with Gasteiger partial charge >= 0.3 is 6.18 Å². The Morgan fingerprint density at radius 2 is 2.03 bits per heavy atom. The molecule has 0 radical (unpaired) electrons. The van der Waals surface area contributed by atoms with E-state index >= 15 is 0 Å². The Morgan fingerprint density at radius 3 is 2.72 bits per heavy atom. The van der Waals surface area contributed by atoms with Gasteiger partial charge in [0, 0.05) is 24.4 Å². The highest BCUT2D eigenvalue weighted by atomic mass is 32.2. The number of hydrogen-bond donors (Lipinski definition) is 2. The van der Waals surface area contributed by atoms with Gasteiger partial charge in [-0.1, -0.05) is 13.3 Å². The molecule has 0 aromatic heterocycles. The minimum Gasteiger partial charge on any atom is -0.356 e. The average molecular weight is 430 g/mol. The van der Waals surface area contributed by atoms with Gasteiger partial charge in [0.25, 0.3) is 0 Å². The highest BCUT2D eigenvalue weighted by Gasteiger charge is 2.34. The summed E-state index contributed by atoms with van der Waals surface area (Å²) in [5, 5.41) is 4.73. The Balaban J connectivity index is 1.49. The average Bonchev–Trinajstić information content (AvgIpc) is 2.66. The lowest BCUT2D eigenvalue weighted by Crippen LogP contribution is -2.39. The number of benzene rings is 1. The lowest BCUT2D eigenvalue weighted by molar-refractivity contribution is -0.137. The number of anilines is 1. The normalized spacial score (nSPS) is 21.2. The molecule has 3 rings (SSSR count). The fraction of sp³-hybridized carbons (Fsp3) is 0.600. The van der Waals surface area contributed by atoms with E-state index in [1.54, 1.807) is 0 Å². The van der Waals surface area contributed by atoms with Gasteiger partial charge in [-0.3, -0.25) is 9.59 Å². The number of nitrogens with one attached hydrogen (secondary N) is 2. The predicted molar refractivity (Wildman–Crippen MR) is 107 cm³/mol. The van der Waals surface area contributed by atoms with Crippen molar-refractivity contribution in [2.24, 2.45) is 5.92 Å². The molecule has 2 aliphatic heterocycles. The lowest BCUT2D eigenvalue weighted by atomic mass is 10.1. The van der Waals surface area contributed by atoms with E-state index in [9.17, 15) is 22.8 Å². The summed E-state index contributed by atoms with van der Waals surface area (Å²) in [7, 11) is 0. The number of hydrogen-bond acceptors (Lipinski definition) is 4. The lowest BCUT2D eigenvalue weighted by Gasteiger charge is -2.29. The molecule has 29 heavy (non-hydrogen) atoms. The first-order valence-corrected chi connectivity index (χ1v) is 10.8. The molecular formula is C20H26F3N3O2S. The van der Waals surface area contributed by atoms with E-state index in [0.717, 1.165) is 43.5 Å². The van der Waals surface area contributed by atoms with Crippen molar-refractivity contribution in [3.63, 3.8) is 0 Å². The van der Waals surface area contributed by atoms with Crippen molar-refractivity contribution in [1.29, 1.82) is 0 Å². The third kappa shape index (κ3) is 6.12. The fourth-order valence-corrected chi connectivity index (χ4v) is 4.73. The molecule has 9 heteroatoms. The van der Waals surface area contributed by atoms with Crippen LogP contribution in [0.15, 0.2) is 23.1 Å². The van der Waals surface area contributed by atoms with Gasteiger partial charge in [-0.2, -0.15) is 13.2 Å². The van der Waals surface area contributed by atoms with Crippen molar-refractivity contribution >= 4 is 29.3 Å². The number of piperidine rings is 1. The molecule has 1 aromatic rings. The molecule has 1 aromatic carbocycles. The van der Waals surface area contributed by atoms with E-state index in [-0.39, 0.29) is 18.0 Å². The molecule has 0 aliphatic carbocycles. The molecule has 2 heterocycles. The van der Waals surface area contributed by atoms with Crippen molar-refractivity contribution in [2.45, 2.75) is 48.9 Å². The van der Waals surface area contributed by atoms with Gasteiger partial charge in [0.05, 0.1) is 16.5 Å². The molecule has 0 bridgehead atoms. The van der Waals surface area contributed by atoms with Gasteiger partial charge in [0.2, 0.25) is 11.8 Å². The van der Waals surface area contributed by atoms with E-state index in [1.165, 1.54) is 25.3 Å². The van der Waals surface area contributed by atoms with Crippen LogP contribution in [0.4, 0.5) is 18.9 Å². The molecule has 0 saturated carbocycles. The molecule has 2 N–H and O–H groups in total. The summed E-state index contributed by atoms with van der Waals surface area (Å²) < 4.78 is 38.5. The Hall–Kier alpha value is -1.74. The summed E-state index contributed by atoms with van der Waals surface area (Å²) in [5.74, 6) is -0.358. The molecule has 160 valence electrons. The molecule has 0 spiro atoms. The summed E-state index contributed by atoms with van der Waals surface area (Å²) in [6.07, 6.45) is -0.749. The second kappa shape index (κ2) is 9.38. The zero-order valence-electron chi connectivity index (χ0n) is 16.3. The van der Waals surface area contributed by atoms with Crippen molar-refractivity contribution in [3.8, 4) is 0 Å². The smallest absolute Gasteiger partial charge is 0.356 e. The van der Waals surface area contributed by atoms with Crippen LogP contribution in [0.3, 0.4) is 0 Å². The first-order chi connectivity index (χ1) is 13.7. The van der Waals surface area contributed by atoms with Crippen LogP contribution >= 0.6 is 11.8 Å². The quantitative estimate of drug-likeness (QED) is 0.723. The summed E-state index contributed by atoms with van der Waals surface area (Å²) in [5.41, 5.74) is -0.669. The number of fused-ring (bicyclic) bond motifs is 1. The van der Waals surface area contributed by atoms with Crippen LogP contribution in [0.2, 0.25) is 0 Å². The number of halogens is 3. The fourth-order valence-electron chi connectivity index (χ4n) is 3.64. The SMILES string of the molecule is C[C@@H](CNC(=O)C[C@@H]1Sc2ccc(C(F)(F)F)cc2NC1=O)CN1CCCCC1. The minimum atomic E-state index is -4.47. The van der Waals surface area contributed by atoms with Crippen LogP contribution in [-0.2, 0) is 15.8 Å². The molecule has 1 fully saturated rings. The zero-order chi connectivity index (χ0) is 21.0. The number of likely N-dealkylation sites (tertiary alicyclic amines) is 1. The second-order valence-electron chi connectivity index (χ2n) is 7.78. The number of nitrogens with zero attached hydrogens (tertiary/aromatic N) is 1. The molecular weight excluding hydrogens is 403 g/mol. The molecule has 0 unspecified atom stereocenters. The maximum Gasteiger partial charge on any atom is 0.416 e. The third-order valence-electron chi connectivity index (χ3n) is 5.16. The van der Waals surface area contributed by atoms with Crippen molar-refractivity contribution < 1.29 is 22.8 Å². The first kappa shape index (κ1) is 22.0. The molecule has 2 aliphatic rings. The summed E-state index contributed by atoms with van der Waals surface area (Å²) in [6.45, 7) is 5.78. The number of carbonyl (C=O) groups excluding carboxylic acids is 2. The predicted octanol–water partition coefficient (Wildman–Crippen LogP) is 3.75.